The minimum Gasteiger partial charge on any atom is -0.349 e. The summed E-state index contributed by atoms with van der Waals surface area (Å²) in [5.74, 6) is -0.163. The molecule has 1 aromatic heterocycles. The van der Waals surface area contributed by atoms with E-state index in [9.17, 15) is 9.59 Å². The monoisotopic (exact) mass is 323 g/mol. The first-order valence-electron chi connectivity index (χ1n) is 7.33. The van der Waals surface area contributed by atoms with Crippen LogP contribution in [-0.2, 0) is 0 Å². The van der Waals surface area contributed by atoms with Gasteiger partial charge in [-0.15, -0.1) is 0 Å². The Morgan fingerprint density at radius 2 is 1.95 bits per heavy atom. The number of carbonyl (C=O) groups is 2. The minimum absolute atomic E-state index is 0.0340. The molecule has 2 rings (SSSR count). The SMILES string of the molecule is CCNC(=O)N1CCC(NC(=O)c2cnc(SC)nc2)CC1. The lowest BCUT2D eigenvalue weighted by atomic mass is 10.0. The van der Waals surface area contributed by atoms with Crippen LogP contribution in [0, 0.1) is 0 Å². The third-order valence-electron chi connectivity index (χ3n) is 3.52. The van der Waals surface area contributed by atoms with Crippen molar-refractivity contribution in [2.24, 2.45) is 0 Å². The van der Waals surface area contributed by atoms with Crippen molar-refractivity contribution in [3.63, 3.8) is 0 Å². The number of hydrogen-bond donors (Lipinski definition) is 2. The van der Waals surface area contributed by atoms with Crippen LogP contribution in [0.3, 0.4) is 0 Å². The first-order valence-corrected chi connectivity index (χ1v) is 8.56. The summed E-state index contributed by atoms with van der Waals surface area (Å²) in [7, 11) is 0. The number of likely N-dealkylation sites (tertiary alicyclic amines) is 1. The van der Waals surface area contributed by atoms with Crippen LogP contribution in [-0.4, -0.2) is 58.7 Å². The van der Waals surface area contributed by atoms with Crippen LogP contribution in [0.1, 0.15) is 30.1 Å². The molecule has 120 valence electrons. The van der Waals surface area contributed by atoms with Crippen LogP contribution in [0.25, 0.3) is 0 Å². The highest BCUT2D eigenvalue weighted by atomic mass is 32.2. The maximum Gasteiger partial charge on any atom is 0.317 e. The number of urea groups is 1. The van der Waals surface area contributed by atoms with E-state index in [1.54, 1.807) is 4.90 Å². The van der Waals surface area contributed by atoms with Gasteiger partial charge in [0.1, 0.15) is 0 Å². The smallest absolute Gasteiger partial charge is 0.317 e. The molecule has 1 aliphatic heterocycles. The summed E-state index contributed by atoms with van der Waals surface area (Å²) < 4.78 is 0. The second kappa shape index (κ2) is 7.98. The van der Waals surface area contributed by atoms with Gasteiger partial charge in [-0.3, -0.25) is 4.79 Å². The van der Waals surface area contributed by atoms with Crippen molar-refractivity contribution in [1.82, 2.24) is 25.5 Å². The Hall–Kier alpha value is -1.83. The molecule has 0 saturated carbocycles. The summed E-state index contributed by atoms with van der Waals surface area (Å²) in [6.45, 7) is 3.83. The second-order valence-corrected chi connectivity index (χ2v) is 5.80. The van der Waals surface area contributed by atoms with Gasteiger partial charge >= 0.3 is 6.03 Å². The topological polar surface area (TPSA) is 87.2 Å². The van der Waals surface area contributed by atoms with Crippen molar-refractivity contribution in [1.29, 1.82) is 0 Å². The van der Waals surface area contributed by atoms with E-state index < -0.39 is 0 Å². The standard InChI is InChI=1S/C14H21N5O2S/c1-3-15-14(21)19-6-4-11(5-7-19)18-12(20)10-8-16-13(22-2)17-9-10/h8-9,11H,3-7H2,1-2H3,(H,15,21)(H,18,20). The molecule has 0 atom stereocenters. The van der Waals surface area contributed by atoms with E-state index in [2.05, 4.69) is 20.6 Å². The van der Waals surface area contributed by atoms with E-state index in [4.69, 9.17) is 0 Å². The number of thioether (sulfide) groups is 1. The Morgan fingerprint density at radius 3 is 2.50 bits per heavy atom. The summed E-state index contributed by atoms with van der Waals surface area (Å²) >= 11 is 1.43. The van der Waals surface area contributed by atoms with Crippen LogP contribution < -0.4 is 10.6 Å². The van der Waals surface area contributed by atoms with E-state index in [1.807, 2.05) is 13.2 Å². The number of aromatic nitrogens is 2. The predicted molar refractivity (Wildman–Crippen MR) is 84.9 cm³/mol. The lowest BCUT2D eigenvalue weighted by molar-refractivity contribution is 0.0917. The van der Waals surface area contributed by atoms with Gasteiger partial charge in [0.15, 0.2) is 5.16 Å². The zero-order chi connectivity index (χ0) is 15.9. The van der Waals surface area contributed by atoms with E-state index in [-0.39, 0.29) is 18.0 Å². The molecule has 3 amide bonds. The first kappa shape index (κ1) is 16.5. The Bertz CT molecular complexity index is 514. The van der Waals surface area contributed by atoms with Gasteiger partial charge in [-0.05, 0) is 26.0 Å². The molecule has 1 aromatic rings. The summed E-state index contributed by atoms with van der Waals surface area (Å²) in [5, 5.41) is 6.41. The van der Waals surface area contributed by atoms with Gasteiger partial charge in [-0.25, -0.2) is 14.8 Å². The number of nitrogens with zero attached hydrogens (tertiary/aromatic N) is 3. The molecule has 0 unspecified atom stereocenters. The quantitative estimate of drug-likeness (QED) is 0.640. The average molecular weight is 323 g/mol. The van der Waals surface area contributed by atoms with Gasteiger partial charge in [0.25, 0.3) is 5.91 Å². The summed E-state index contributed by atoms with van der Waals surface area (Å²) in [4.78, 5) is 33.8. The fraction of sp³-hybridized carbons (Fsp3) is 0.571. The highest BCUT2D eigenvalue weighted by molar-refractivity contribution is 7.98. The average Bonchev–Trinajstić information content (AvgIpc) is 2.55. The van der Waals surface area contributed by atoms with Crippen molar-refractivity contribution in [3.8, 4) is 0 Å². The summed E-state index contributed by atoms with van der Waals surface area (Å²) in [6, 6.07) is 0.0479. The minimum atomic E-state index is -0.163. The third-order valence-corrected chi connectivity index (χ3v) is 4.09. The Kier molecular flexibility index (Phi) is 6.00. The van der Waals surface area contributed by atoms with E-state index >= 15 is 0 Å². The zero-order valence-electron chi connectivity index (χ0n) is 12.8. The zero-order valence-corrected chi connectivity index (χ0v) is 13.7. The van der Waals surface area contributed by atoms with Gasteiger partial charge in [0.05, 0.1) is 5.56 Å². The van der Waals surface area contributed by atoms with E-state index in [0.717, 1.165) is 12.8 Å². The van der Waals surface area contributed by atoms with E-state index in [0.29, 0.717) is 30.4 Å². The number of amides is 3. The fourth-order valence-electron chi connectivity index (χ4n) is 2.30. The van der Waals surface area contributed by atoms with Gasteiger partial charge in [-0.1, -0.05) is 11.8 Å². The normalized spacial score (nSPS) is 15.5. The highest BCUT2D eigenvalue weighted by Crippen LogP contribution is 2.12. The molecular weight excluding hydrogens is 302 g/mol. The molecule has 7 nitrogen and oxygen atoms in total. The molecule has 0 aliphatic carbocycles. The summed E-state index contributed by atoms with van der Waals surface area (Å²) in [5.41, 5.74) is 0.462. The fourth-order valence-corrected chi connectivity index (χ4v) is 2.61. The van der Waals surface area contributed by atoms with Crippen molar-refractivity contribution in [2.45, 2.75) is 31.0 Å². The number of rotatable bonds is 4. The van der Waals surface area contributed by atoms with Crippen molar-refractivity contribution in [2.75, 3.05) is 25.9 Å². The van der Waals surface area contributed by atoms with Crippen LogP contribution in [0.15, 0.2) is 17.6 Å². The van der Waals surface area contributed by atoms with Crippen LogP contribution in [0.5, 0.6) is 0 Å². The second-order valence-electron chi connectivity index (χ2n) is 5.03. The van der Waals surface area contributed by atoms with Crippen molar-refractivity contribution in [3.05, 3.63) is 18.0 Å². The molecule has 1 aliphatic rings. The number of hydrogen-bond acceptors (Lipinski definition) is 5. The largest absolute Gasteiger partial charge is 0.349 e. The Balaban J connectivity index is 1.82. The van der Waals surface area contributed by atoms with Crippen molar-refractivity contribution < 1.29 is 9.59 Å². The molecule has 22 heavy (non-hydrogen) atoms. The molecule has 2 heterocycles. The number of piperidine rings is 1. The van der Waals surface area contributed by atoms with Gasteiger partial charge in [-0.2, -0.15) is 0 Å². The van der Waals surface area contributed by atoms with Gasteiger partial charge in [0.2, 0.25) is 0 Å². The molecule has 8 heteroatoms. The molecule has 0 spiro atoms. The molecule has 2 N–H and O–H groups in total. The lowest BCUT2D eigenvalue weighted by Gasteiger charge is -2.32. The van der Waals surface area contributed by atoms with Crippen LogP contribution in [0.4, 0.5) is 4.79 Å². The summed E-state index contributed by atoms with van der Waals surface area (Å²) in [6.07, 6.45) is 6.48. The molecule has 1 fully saturated rings. The Labute approximate surface area is 134 Å². The molecule has 0 radical (unpaired) electrons. The van der Waals surface area contributed by atoms with Gasteiger partial charge in [0, 0.05) is 38.1 Å². The molecule has 0 bridgehead atoms. The Morgan fingerprint density at radius 1 is 1.32 bits per heavy atom. The molecular formula is C14H21N5O2S. The van der Waals surface area contributed by atoms with Gasteiger partial charge < -0.3 is 15.5 Å². The number of nitrogens with one attached hydrogen (secondary N) is 2. The molecule has 1 saturated heterocycles. The number of carbonyl (C=O) groups excluding carboxylic acids is 2. The maximum absolute atomic E-state index is 12.1. The maximum atomic E-state index is 12.1. The first-order chi connectivity index (χ1) is 10.6. The molecule has 0 aromatic carbocycles. The third kappa shape index (κ3) is 4.33. The van der Waals surface area contributed by atoms with Crippen LogP contribution in [0.2, 0.25) is 0 Å². The van der Waals surface area contributed by atoms with Crippen molar-refractivity contribution >= 4 is 23.7 Å². The van der Waals surface area contributed by atoms with Crippen LogP contribution >= 0.6 is 11.8 Å². The van der Waals surface area contributed by atoms with E-state index in [1.165, 1.54) is 24.2 Å². The lowest BCUT2D eigenvalue weighted by Crippen LogP contribution is -2.49. The predicted octanol–water partition coefficient (Wildman–Crippen LogP) is 1.12. The highest BCUT2D eigenvalue weighted by Gasteiger charge is 2.23.